The van der Waals surface area contributed by atoms with E-state index in [1.165, 1.54) is 0 Å². The predicted octanol–water partition coefficient (Wildman–Crippen LogP) is 3.32. The molecule has 1 saturated heterocycles. The number of carbonyl (C=O) groups is 1. The van der Waals surface area contributed by atoms with Gasteiger partial charge in [0, 0.05) is 24.9 Å². The second-order valence-electron chi connectivity index (χ2n) is 5.92. The summed E-state index contributed by atoms with van der Waals surface area (Å²) in [7, 11) is 0. The number of carbonyl (C=O) groups excluding carboxylic acids is 1. The number of halogens is 1. The van der Waals surface area contributed by atoms with Gasteiger partial charge in [-0.05, 0) is 53.7 Å². The zero-order valence-corrected chi connectivity index (χ0v) is 13.6. The normalized spacial score (nSPS) is 19.6. The van der Waals surface area contributed by atoms with Crippen LogP contribution in [0.4, 0.5) is 0 Å². The standard InChI is InChI=1S/C15H16BrN3O3/c16-12-4-3-11(21-12)15(20)19-7-5-10(6-8-19)14-18-17-13(22-14)9-1-2-9/h3-4,9-10H,1-2,5-8H2. The number of piperidine rings is 1. The lowest BCUT2D eigenvalue weighted by atomic mass is 9.96. The average molecular weight is 366 g/mol. The molecule has 7 heteroatoms. The fraction of sp³-hybridized carbons (Fsp3) is 0.533. The highest BCUT2D eigenvalue weighted by Gasteiger charge is 2.32. The van der Waals surface area contributed by atoms with Crippen LogP contribution in [0.3, 0.4) is 0 Å². The molecular weight excluding hydrogens is 350 g/mol. The van der Waals surface area contributed by atoms with Crippen LogP contribution in [0.25, 0.3) is 0 Å². The molecule has 6 nitrogen and oxygen atoms in total. The van der Waals surface area contributed by atoms with E-state index in [4.69, 9.17) is 8.83 Å². The van der Waals surface area contributed by atoms with Gasteiger partial charge in [-0.25, -0.2) is 0 Å². The molecule has 0 atom stereocenters. The van der Waals surface area contributed by atoms with Crippen LogP contribution in [0.1, 0.15) is 59.9 Å². The third kappa shape index (κ3) is 2.69. The Bertz CT molecular complexity index is 684. The summed E-state index contributed by atoms with van der Waals surface area (Å²) in [6.07, 6.45) is 4.01. The summed E-state index contributed by atoms with van der Waals surface area (Å²) in [5, 5.41) is 8.33. The van der Waals surface area contributed by atoms with Crippen LogP contribution in [0.15, 0.2) is 25.6 Å². The van der Waals surface area contributed by atoms with E-state index in [0.29, 0.717) is 29.4 Å². The van der Waals surface area contributed by atoms with Gasteiger partial charge in [-0.15, -0.1) is 10.2 Å². The molecule has 116 valence electrons. The van der Waals surface area contributed by atoms with E-state index >= 15 is 0 Å². The first-order valence-corrected chi connectivity index (χ1v) is 8.38. The number of hydrogen-bond donors (Lipinski definition) is 0. The van der Waals surface area contributed by atoms with Crippen LogP contribution < -0.4 is 0 Å². The van der Waals surface area contributed by atoms with Crippen molar-refractivity contribution in [1.82, 2.24) is 15.1 Å². The number of rotatable bonds is 3. The maximum atomic E-state index is 12.3. The van der Waals surface area contributed by atoms with E-state index in [1.807, 2.05) is 4.90 Å². The Morgan fingerprint density at radius 2 is 1.68 bits per heavy atom. The quantitative estimate of drug-likeness (QED) is 0.833. The molecule has 0 aromatic carbocycles. The van der Waals surface area contributed by atoms with Crippen molar-refractivity contribution in [2.24, 2.45) is 0 Å². The topological polar surface area (TPSA) is 72.4 Å². The van der Waals surface area contributed by atoms with E-state index in [0.717, 1.165) is 37.5 Å². The summed E-state index contributed by atoms with van der Waals surface area (Å²) in [5.74, 6) is 2.57. The molecule has 1 aliphatic heterocycles. The highest BCUT2D eigenvalue weighted by Crippen LogP contribution is 2.40. The largest absolute Gasteiger partial charge is 0.444 e. The molecule has 0 bridgehead atoms. The fourth-order valence-electron chi connectivity index (χ4n) is 2.82. The lowest BCUT2D eigenvalue weighted by Gasteiger charge is -2.29. The molecule has 1 saturated carbocycles. The van der Waals surface area contributed by atoms with E-state index in [-0.39, 0.29) is 11.8 Å². The van der Waals surface area contributed by atoms with Crippen molar-refractivity contribution < 1.29 is 13.6 Å². The zero-order chi connectivity index (χ0) is 15.1. The van der Waals surface area contributed by atoms with E-state index in [2.05, 4.69) is 26.1 Å². The molecule has 2 aromatic heterocycles. The third-order valence-corrected chi connectivity index (χ3v) is 4.72. The maximum Gasteiger partial charge on any atom is 0.289 e. The Morgan fingerprint density at radius 1 is 1.05 bits per heavy atom. The van der Waals surface area contributed by atoms with Crippen molar-refractivity contribution in [2.45, 2.75) is 37.5 Å². The van der Waals surface area contributed by atoms with Crippen molar-refractivity contribution in [2.75, 3.05) is 13.1 Å². The minimum absolute atomic E-state index is 0.0617. The first kappa shape index (κ1) is 14.0. The number of likely N-dealkylation sites (tertiary alicyclic amines) is 1. The number of amides is 1. The van der Waals surface area contributed by atoms with Crippen LogP contribution >= 0.6 is 15.9 Å². The summed E-state index contributed by atoms with van der Waals surface area (Å²) in [6, 6.07) is 3.43. The summed E-state index contributed by atoms with van der Waals surface area (Å²) in [4.78, 5) is 14.1. The Kier molecular flexibility index (Phi) is 3.52. The molecule has 1 aliphatic carbocycles. The van der Waals surface area contributed by atoms with E-state index in [9.17, 15) is 4.79 Å². The zero-order valence-electron chi connectivity index (χ0n) is 12.0. The summed E-state index contributed by atoms with van der Waals surface area (Å²) < 4.78 is 11.7. The highest BCUT2D eigenvalue weighted by molar-refractivity contribution is 9.10. The molecule has 0 unspecified atom stereocenters. The molecule has 0 N–H and O–H groups in total. The SMILES string of the molecule is O=C(c1ccc(Br)o1)N1CCC(c2nnc(C3CC3)o2)CC1. The molecule has 0 spiro atoms. The van der Waals surface area contributed by atoms with Crippen molar-refractivity contribution in [1.29, 1.82) is 0 Å². The monoisotopic (exact) mass is 365 g/mol. The van der Waals surface area contributed by atoms with Crippen molar-refractivity contribution in [3.05, 3.63) is 34.3 Å². The van der Waals surface area contributed by atoms with Gasteiger partial charge in [-0.3, -0.25) is 4.79 Å². The van der Waals surface area contributed by atoms with Crippen LogP contribution in [0.5, 0.6) is 0 Å². The molecule has 2 fully saturated rings. The Labute approximate surface area is 136 Å². The number of nitrogens with zero attached hydrogens (tertiary/aromatic N) is 3. The molecule has 2 aromatic rings. The molecular formula is C15H16BrN3O3. The van der Waals surface area contributed by atoms with Gasteiger partial charge in [-0.1, -0.05) is 0 Å². The first-order valence-electron chi connectivity index (χ1n) is 7.58. The second kappa shape index (κ2) is 5.53. The van der Waals surface area contributed by atoms with Gasteiger partial charge in [0.2, 0.25) is 11.8 Å². The van der Waals surface area contributed by atoms with Crippen LogP contribution in [0, 0.1) is 0 Å². The van der Waals surface area contributed by atoms with Crippen molar-refractivity contribution in [3.63, 3.8) is 0 Å². The molecule has 2 aliphatic rings. The smallest absolute Gasteiger partial charge is 0.289 e. The van der Waals surface area contributed by atoms with Gasteiger partial charge in [-0.2, -0.15) is 0 Å². The van der Waals surface area contributed by atoms with E-state index in [1.54, 1.807) is 12.1 Å². The van der Waals surface area contributed by atoms with Crippen molar-refractivity contribution in [3.8, 4) is 0 Å². The van der Waals surface area contributed by atoms with Gasteiger partial charge >= 0.3 is 0 Å². The Morgan fingerprint density at radius 3 is 2.23 bits per heavy atom. The van der Waals surface area contributed by atoms with Crippen LogP contribution in [-0.4, -0.2) is 34.1 Å². The van der Waals surface area contributed by atoms with Gasteiger partial charge in [0.15, 0.2) is 10.4 Å². The molecule has 0 radical (unpaired) electrons. The van der Waals surface area contributed by atoms with Gasteiger partial charge in [0.1, 0.15) is 0 Å². The first-order chi connectivity index (χ1) is 10.7. The third-order valence-electron chi connectivity index (χ3n) is 4.30. The minimum Gasteiger partial charge on any atom is -0.444 e. The fourth-order valence-corrected chi connectivity index (χ4v) is 3.13. The van der Waals surface area contributed by atoms with Gasteiger partial charge in [0.25, 0.3) is 5.91 Å². The van der Waals surface area contributed by atoms with Crippen LogP contribution in [-0.2, 0) is 0 Å². The van der Waals surface area contributed by atoms with Crippen molar-refractivity contribution >= 4 is 21.8 Å². The summed E-state index contributed by atoms with van der Waals surface area (Å²) in [5.41, 5.74) is 0. The lowest BCUT2D eigenvalue weighted by molar-refractivity contribution is 0.0672. The average Bonchev–Trinajstić information content (AvgIpc) is 3.11. The lowest BCUT2D eigenvalue weighted by Crippen LogP contribution is -2.37. The van der Waals surface area contributed by atoms with Crippen LogP contribution in [0.2, 0.25) is 0 Å². The minimum atomic E-state index is -0.0617. The summed E-state index contributed by atoms with van der Waals surface area (Å²) in [6.45, 7) is 1.37. The number of hydrogen-bond acceptors (Lipinski definition) is 5. The highest BCUT2D eigenvalue weighted by atomic mass is 79.9. The Balaban J connectivity index is 1.38. The Hall–Kier alpha value is -1.63. The maximum absolute atomic E-state index is 12.3. The molecule has 22 heavy (non-hydrogen) atoms. The molecule has 4 rings (SSSR count). The predicted molar refractivity (Wildman–Crippen MR) is 80.6 cm³/mol. The van der Waals surface area contributed by atoms with Gasteiger partial charge < -0.3 is 13.7 Å². The number of furan rings is 1. The van der Waals surface area contributed by atoms with E-state index < -0.39 is 0 Å². The van der Waals surface area contributed by atoms with Gasteiger partial charge in [0.05, 0.1) is 0 Å². The second-order valence-corrected chi connectivity index (χ2v) is 6.70. The summed E-state index contributed by atoms with van der Waals surface area (Å²) >= 11 is 3.22. The number of aromatic nitrogens is 2. The molecule has 3 heterocycles. The molecule has 1 amide bonds.